The molecule has 0 aliphatic carbocycles. The van der Waals surface area contributed by atoms with Crippen LogP contribution in [0.1, 0.15) is 27.0 Å². The fourth-order valence-corrected chi connectivity index (χ4v) is 2.98. The van der Waals surface area contributed by atoms with Crippen LogP contribution in [0.2, 0.25) is 10.0 Å². The topological polar surface area (TPSA) is 50.7 Å². The minimum Gasteiger partial charge on any atom is -0.488 e. The van der Waals surface area contributed by atoms with Crippen LogP contribution < -0.4 is 10.2 Å². The van der Waals surface area contributed by atoms with Crippen molar-refractivity contribution < 1.29 is 9.53 Å². The Hall–Kier alpha value is -2.82. The molecular formula is C22H18Cl2N2O2. The molecule has 0 unspecified atom stereocenters. The number of hydrogen-bond acceptors (Lipinski definition) is 3. The van der Waals surface area contributed by atoms with E-state index in [1.165, 1.54) is 6.21 Å². The number of rotatable bonds is 6. The zero-order valence-corrected chi connectivity index (χ0v) is 16.7. The molecule has 1 N–H and O–H groups in total. The minimum absolute atomic E-state index is 0.280. The average Bonchev–Trinajstić information content (AvgIpc) is 2.67. The van der Waals surface area contributed by atoms with Crippen molar-refractivity contribution in [3.8, 4) is 5.75 Å². The van der Waals surface area contributed by atoms with Gasteiger partial charge in [0.2, 0.25) is 0 Å². The van der Waals surface area contributed by atoms with E-state index in [2.05, 4.69) is 10.5 Å². The van der Waals surface area contributed by atoms with E-state index in [9.17, 15) is 4.79 Å². The molecule has 0 radical (unpaired) electrons. The van der Waals surface area contributed by atoms with Crippen LogP contribution >= 0.6 is 23.2 Å². The quantitative estimate of drug-likeness (QED) is 0.420. The van der Waals surface area contributed by atoms with Gasteiger partial charge in [0.05, 0.1) is 6.21 Å². The standard InChI is InChI=1S/C22H18Cl2N2O2/c1-15-5-2-3-8-20(15)22(27)26-25-13-17-12-19(24)9-10-21(17)28-14-16-6-4-7-18(23)11-16/h2-13H,14H2,1H3,(H,26,27)/b25-13+. The number of halogens is 2. The van der Waals surface area contributed by atoms with Gasteiger partial charge >= 0.3 is 0 Å². The van der Waals surface area contributed by atoms with E-state index in [1.807, 2.05) is 49.4 Å². The summed E-state index contributed by atoms with van der Waals surface area (Å²) in [6.45, 7) is 2.22. The Bertz CT molecular complexity index is 1020. The molecule has 0 fully saturated rings. The van der Waals surface area contributed by atoms with Gasteiger partial charge in [-0.15, -0.1) is 0 Å². The molecule has 3 aromatic rings. The third kappa shape index (κ3) is 5.35. The van der Waals surface area contributed by atoms with Gasteiger partial charge < -0.3 is 4.74 Å². The molecule has 0 aliphatic rings. The second-order valence-electron chi connectivity index (χ2n) is 6.11. The number of nitrogens with zero attached hydrogens (tertiary/aromatic N) is 1. The van der Waals surface area contributed by atoms with Crippen molar-refractivity contribution in [3.05, 3.63) is 99.0 Å². The summed E-state index contributed by atoms with van der Waals surface area (Å²) in [5.41, 5.74) is 5.58. The predicted molar refractivity (Wildman–Crippen MR) is 113 cm³/mol. The Labute approximate surface area is 173 Å². The lowest BCUT2D eigenvalue weighted by Gasteiger charge is -2.10. The molecule has 0 heterocycles. The third-order valence-electron chi connectivity index (χ3n) is 4.01. The summed E-state index contributed by atoms with van der Waals surface area (Å²) < 4.78 is 5.87. The fourth-order valence-electron chi connectivity index (χ4n) is 2.59. The highest BCUT2D eigenvalue weighted by Gasteiger charge is 2.07. The van der Waals surface area contributed by atoms with E-state index >= 15 is 0 Å². The number of benzene rings is 3. The molecule has 142 valence electrons. The van der Waals surface area contributed by atoms with Crippen molar-refractivity contribution in [1.82, 2.24) is 5.43 Å². The SMILES string of the molecule is Cc1ccccc1C(=O)N/N=C/c1cc(Cl)ccc1OCc1cccc(Cl)c1. The highest BCUT2D eigenvalue weighted by molar-refractivity contribution is 6.31. The predicted octanol–water partition coefficient (Wildman–Crippen LogP) is 5.64. The molecule has 6 heteroatoms. The van der Waals surface area contributed by atoms with Crippen LogP contribution in [-0.2, 0) is 6.61 Å². The summed E-state index contributed by atoms with van der Waals surface area (Å²) in [7, 11) is 0. The third-order valence-corrected chi connectivity index (χ3v) is 4.48. The smallest absolute Gasteiger partial charge is 0.271 e. The molecule has 0 bridgehead atoms. The zero-order valence-electron chi connectivity index (χ0n) is 15.2. The number of carbonyl (C=O) groups excluding carboxylic acids is 1. The summed E-state index contributed by atoms with van der Waals surface area (Å²) in [4.78, 5) is 12.3. The van der Waals surface area contributed by atoms with Gasteiger partial charge in [0.15, 0.2) is 0 Å². The molecular weight excluding hydrogens is 395 g/mol. The van der Waals surface area contributed by atoms with Crippen molar-refractivity contribution in [2.45, 2.75) is 13.5 Å². The molecule has 0 aromatic heterocycles. The van der Waals surface area contributed by atoms with Crippen molar-refractivity contribution in [3.63, 3.8) is 0 Å². The van der Waals surface area contributed by atoms with E-state index < -0.39 is 0 Å². The molecule has 4 nitrogen and oxygen atoms in total. The van der Waals surface area contributed by atoms with Gasteiger partial charge in [0.25, 0.3) is 5.91 Å². The van der Waals surface area contributed by atoms with Crippen LogP contribution in [0.5, 0.6) is 5.75 Å². The van der Waals surface area contributed by atoms with E-state index in [0.29, 0.717) is 33.5 Å². The molecule has 0 saturated heterocycles. The Morgan fingerprint density at radius 1 is 1.04 bits per heavy atom. The van der Waals surface area contributed by atoms with E-state index in [-0.39, 0.29) is 5.91 Å². The summed E-state index contributed by atoms with van der Waals surface area (Å²) in [6, 6.07) is 20.0. The minimum atomic E-state index is -0.280. The van der Waals surface area contributed by atoms with E-state index in [1.54, 1.807) is 24.3 Å². The Kier molecular flexibility index (Phi) is 6.69. The first-order chi connectivity index (χ1) is 13.5. The van der Waals surface area contributed by atoms with Crippen LogP contribution in [0.15, 0.2) is 71.8 Å². The van der Waals surface area contributed by atoms with Crippen molar-refractivity contribution >= 4 is 35.3 Å². The second kappa shape index (κ2) is 9.40. The fraction of sp³-hybridized carbons (Fsp3) is 0.0909. The van der Waals surface area contributed by atoms with Gasteiger partial charge in [-0.3, -0.25) is 4.79 Å². The van der Waals surface area contributed by atoms with Crippen LogP contribution in [0.4, 0.5) is 0 Å². The normalized spacial score (nSPS) is 10.8. The molecule has 0 spiro atoms. The number of ether oxygens (including phenoxy) is 1. The first-order valence-electron chi connectivity index (χ1n) is 8.59. The maximum Gasteiger partial charge on any atom is 0.271 e. The average molecular weight is 413 g/mol. The lowest BCUT2D eigenvalue weighted by Crippen LogP contribution is -2.18. The van der Waals surface area contributed by atoms with Crippen LogP contribution in [0.25, 0.3) is 0 Å². The number of nitrogens with one attached hydrogen (secondary N) is 1. The van der Waals surface area contributed by atoms with Crippen LogP contribution in [-0.4, -0.2) is 12.1 Å². The highest BCUT2D eigenvalue weighted by Crippen LogP contribution is 2.23. The first kappa shape index (κ1) is 19.9. The Morgan fingerprint density at radius 2 is 1.82 bits per heavy atom. The second-order valence-corrected chi connectivity index (χ2v) is 6.99. The maximum atomic E-state index is 12.3. The molecule has 0 saturated carbocycles. The molecule has 0 atom stereocenters. The number of hydrogen-bond donors (Lipinski definition) is 1. The molecule has 3 aromatic carbocycles. The molecule has 3 rings (SSSR count). The van der Waals surface area contributed by atoms with Gasteiger partial charge in [0.1, 0.15) is 12.4 Å². The van der Waals surface area contributed by atoms with Crippen molar-refractivity contribution in [2.24, 2.45) is 5.10 Å². The van der Waals surface area contributed by atoms with Gasteiger partial charge in [-0.1, -0.05) is 53.5 Å². The van der Waals surface area contributed by atoms with E-state index in [0.717, 1.165) is 11.1 Å². The van der Waals surface area contributed by atoms with E-state index in [4.69, 9.17) is 27.9 Å². The molecule has 28 heavy (non-hydrogen) atoms. The summed E-state index contributed by atoms with van der Waals surface area (Å²) in [5, 5.41) is 5.24. The van der Waals surface area contributed by atoms with Crippen LogP contribution in [0, 0.1) is 6.92 Å². The highest BCUT2D eigenvalue weighted by atomic mass is 35.5. The van der Waals surface area contributed by atoms with Crippen molar-refractivity contribution in [2.75, 3.05) is 0 Å². The zero-order chi connectivity index (χ0) is 19.9. The molecule has 1 amide bonds. The summed E-state index contributed by atoms with van der Waals surface area (Å²) in [6.07, 6.45) is 1.51. The largest absolute Gasteiger partial charge is 0.488 e. The Balaban J connectivity index is 1.70. The summed E-state index contributed by atoms with van der Waals surface area (Å²) >= 11 is 12.1. The number of amides is 1. The monoisotopic (exact) mass is 412 g/mol. The summed E-state index contributed by atoms with van der Waals surface area (Å²) in [5.74, 6) is 0.316. The van der Waals surface area contributed by atoms with Gasteiger partial charge in [0, 0.05) is 21.2 Å². The molecule has 0 aliphatic heterocycles. The number of carbonyl (C=O) groups is 1. The number of aryl methyl sites for hydroxylation is 1. The van der Waals surface area contributed by atoms with Gasteiger partial charge in [-0.25, -0.2) is 5.43 Å². The first-order valence-corrected chi connectivity index (χ1v) is 9.34. The van der Waals surface area contributed by atoms with Crippen molar-refractivity contribution in [1.29, 1.82) is 0 Å². The van der Waals surface area contributed by atoms with Gasteiger partial charge in [-0.2, -0.15) is 5.10 Å². The lowest BCUT2D eigenvalue weighted by atomic mass is 10.1. The van der Waals surface area contributed by atoms with Gasteiger partial charge in [-0.05, 0) is 54.4 Å². The van der Waals surface area contributed by atoms with Crippen LogP contribution in [0.3, 0.4) is 0 Å². The Morgan fingerprint density at radius 3 is 2.61 bits per heavy atom. The maximum absolute atomic E-state index is 12.3. The lowest BCUT2D eigenvalue weighted by molar-refractivity contribution is 0.0954. The number of hydrazone groups is 1.